The lowest BCUT2D eigenvalue weighted by Gasteiger charge is -2.48. The number of nitrogens with one attached hydrogen (secondary N) is 1. The Morgan fingerprint density at radius 2 is 1.95 bits per heavy atom. The van der Waals surface area contributed by atoms with E-state index in [-0.39, 0.29) is 0 Å². The smallest absolute Gasteiger partial charge is 0.0450 e. The summed E-state index contributed by atoms with van der Waals surface area (Å²) < 4.78 is 0. The van der Waals surface area contributed by atoms with Crippen molar-refractivity contribution < 1.29 is 0 Å². The fourth-order valence-electron chi connectivity index (χ4n) is 3.37. The first kappa shape index (κ1) is 14.5. The van der Waals surface area contributed by atoms with Gasteiger partial charge in [-0.3, -0.25) is 4.90 Å². The van der Waals surface area contributed by atoms with Crippen LogP contribution in [0, 0.1) is 0 Å². The Morgan fingerprint density at radius 3 is 2.58 bits per heavy atom. The van der Waals surface area contributed by atoms with E-state index in [1.54, 1.807) is 0 Å². The topological polar surface area (TPSA) is 15.3 Å². The van der Waals surface area contributed by atoms with Crippen LogP contribution >= 0.6 is 0 Å². The van der Waals surface area contributed by atoms with Crippen LogP contribution in [0.2, 0.25) is 0 Å². The molecule has 2 rings (SSSR count). The van der Waals surface area contributed by atoms with Gasteiger partial charge in [-0.2, -0.15) is 0 Å². The molecule has 2 heteroatoms. The molecule has 0 saturated carbocycles. The second kappa shape index (κ2) is 6.06. The van der Waals surface area contributed by atoms with E-state index in [2.05, 4.69) is 68.2 Å². The molecule has 1 saturated heterocycles. The van der Waals surface area contributed by atoms with Crippen LogP contribution in [0.4, 0.5) is 0 Å². The van der Waals surface area contributed by atoms with Crippen molar-refractivity contribution in [2.24, 2.45) is 0 Å². The summed E-state index contributed by atoms with van der Waals surface area (Å²) in [5.41, 5.74) is 1.70. The summed E-state index contributed by atoms with van der Waals surface area (Å²) in [4.78, 5) is 2.69. The molecule has 0 bridgehead atoms. The van der Waals surface area contributed by atoms with E-state index in [1.807, 2.05) is 0 Å². The Bertz CT molecular complexity index is 386. The molecule has 1 N–H and O–H groups in total. The van der Waals surface area contributed by atoms with Gasteiger partial charge in [-0.25, -0.2) is 0 Å². The second-order valence-corrected chi connectivity index (χ2v) is 6.44. The van der Waals surface area contributed by atoms with Crippen LogP contribution in [-0.4, -0.2) is 29.6 Å². The van der Waals surface area contributed by atoms with Gasteiger partial charge in [0.1, 0.15) is 0 Å². The molecule has 0 aromatic heterocycles. The minimum absolute atomic E-state index is 0.295. The molecule has 19 heavy (non-hydrogen) atoms. The standard InChI is InChI=1S/C17H28N2/c1-5-11-17(3,4)19-13-16(18-12-14(19)2)15-9-7-6-8-10-15/h6-10,14,16,18H,5,11-13H2,1-4H3. The van der Waals surface area contributed by atoms with Gasteiger partial charge in [0, 0.05) is 30.7 Å². The van der Waals surface area contributed by atoms with Gasteiger partial charge in [-0.05, 0) is 32.8 Å². The number of hydrogen-bond acceptors (Lipinski definition) is 2. The van der Waals surface area contributed by atoms with E-state index in [9.17, 15) is 0 Å². The molecule has 0 amide bonds. The first-order valence-corrected chi connectivity index (χ1v) is 7.59. The fourth-order valence-corrected chi connectivity index (χ4v) is 3.37. The molecule has 2 atom stereocenters. The lowest BCUT2D eigenvalue weighted by molar-refractivity contribution is 0.0322. The summed E-state index contributed by atoms with van der Waals surface area (Å²) in [5.74, 6) is 0. The largest absolute Gasteiger partial charge is 0.307 e. The summed E-state index contributed by atoms with van der Waals surface area (Å²) in [6.07, 6.45) is 2.51. The zero-order chi connectivity index (χ0) is 13.9. The van der Waals surface area contributed by atoms with Gasteiger partial charge in [0.2, 0.25) is 0 Å². The molecule has 0 radical (unpaired) electrons. The quantitative estimate of drug-likeness (QED) is 0.890. The maximum Gasteiger partial charge on any atom is 0.0450 e. The number of nitrogens with zero attached hydrogens (tertiary/aromatic N) is 1. The second-order valence-electron chi connectivity index (χ2n) is 6.44. The van der Waals surface area contributed by atoms with Gasteiger partial charge < -0.3 is 5.32 Å². The molecule has 1 fully saturated rings. The van der Waals surface area contributed by atoms with E-state index in [0.717, 1.165) is 13.1 Å². The molecular formula is C17H28N2. The van der Waals surface area contributed by atoms with Crippen LogP contribution in [0.25, 0.3) is 0 Å². The summed E-state index contributed by atoms with van der Waals surface area (Å²) in [6.45, 7) is 11.6. The maximum absolute atomic E-state index is 3.69. The zero-order valence-corrected chi connectivity index (χ0v) is 12.8. The van der Waals surface area contributed by atoms with Crippen molar-refractivity contribution >= 4 is 0 Å². The van der Waals surface area contributed by atoms with Crippen LogP contribution in [0.3, 0.4) is 0 Å². The minimum Gasteiger partial charge on any atom is -0.307 e. The summed E-state index contributed by atoms with van der Waals surface area (Å²) in [5, 5.41) is 3.69. The third kappa shape index (κ3) is 3.37. The lowest BCUT2D eigenvalue weighted by Crippen LogP contribution is -2.59. The van der Waals surface area contributed by atoms with Crippen LogP contribution < -0.4 is 5.32 Å². The molecule has 0 aliphatic carbocycles. The highest BCUT2D eigenvalue weighted by atomic mass is 15.3. The summed E-state index contributed by atoms with van der Waals surface area (Å²) >= 11 is 0. The van der Waals surface area contributed by atoms with Crippen LogP contribution in [-0.2, 0) is 0 Å². The van der Waals surface area contributed by atoms with Crippen molar-refractivity contribution in [3.05, 3.63) is 35.9 Å². The van der Waals surface area contributed by atoms with Crippen molar-refractivity contribution in [1.29, 1.82) is 0 Å². The lowest BCUT2D eigenvalue weighted by atomic mass is 9.91. The number of rotatable bonds is 4. The third-order valence-corrected chi connectivity index (χ3v) is 4.41. The predicted octanol–water partition coefficient (Wildman–Crippen LogP) is 3.60. The SMILES string of the molecule is CCCC(C)(C)N1CC(c2ccccc2)NCC1C. The highest BCUT2D eigenvalue weighted by Crippen LogP contribution is 2.29. The minimum atomic E-state index is 0.295. The molecule has 2 unspecified atom stereocenters. The molecule has 1 aliphatic rings. The molecular weight excluding hydrogens is 232 g/mol. The van der Waals surface area contributed by atoms with Crippen molar-refractivity contribution in [2.45, 2.75) is 58.2 Å². The van der Waals surface area contributed by atoms with Gasteiger partial charge in [0.25, 0.3) is 0 Å². The molecule has 0 spiro atoms. The molecule has 2 nitrogen and oxygen atoms in total. The number of hydrogen-bond donors (Lipinski definition) is 1. The Balaban J connectivity index is 2.12. The van der Waals surface area contributed by atoms with Crippen LogP contribution in [0.15, 0.2) is 30.3 Å². The first-order chi connectivity index (χ1) is 9.04. The normalized spacial score (nSPS) is 25.5. The van der Waals surface area contributed by atoms with Gasteiger partial charge >= 0.3 is 0 Å². The van der Waals surface area contributed by atoms with E-state index >= 15 is 0 Å². The molecule has 1 aliphatic heterocycles. The van der Waals surface area contributed by atoms with Gasteiger partial charge in [-0.1, -0.05) is 43.7 Å². The summed E-state index contributed by atoms with van der Waals surface area (Å²) in [7, 11) is 0. The average molecular weight is 260 g/mol. The number of benzene rings is 1. The van der Waals surface area contributed by atoms with Gasteiger partial charge in [0.15, 0.2) is 0 Å². The van der Waals surface area contributed by atoms with Crippen molar-refractivity contribution in [2.75, 3.05) is 13.1 Å². The predicted molar refractivity (Wildman–Crippen MR) is 82.3 cm³/mol. The zero-order valence-electron chi connectivity index (χ0n) is 12.8. The third-order valence-electron chi connectivity index (χ3n) is 4.41. The fraction of sp³-hybridized carbons (Fsp3) is 0.647. The Morgan fingerprint density at radius 1 is 1.26 bits per heavy atom. The Labute approximate surface area is 118 Å². The number of piperazine rings is 1. The average Bonchev–Trinajstić information content (AvgIpc) is 2.40. The van der Waals surface area contributed by atoms with Crippen LogP contribution in [0.5, 0.6) is 0 Å². The van der Waals surface area contributed by atoms with E-state index in [0.29, 0.717) is 17.6 Å². The summed E-state index contributed by atoms with van der Waals surface area (Å²) in [6, 6.07) is 11.9. The maximum atomic E-state index is 3.69. The highest BCUT2D eigenvalue weighted by Gasteiger charge is 2.35. The molecule has 1 aromatic carbocycles. The van der Waals surface area contributed by atoms with Crippen molar-refractivity contribution in [3.63, 3.8) is 0 Å². The highest BCUT2D eigenvalue weighted by molar-refractivity contribution is 5.20. The van der Waals surface area contributed by atoms with E-state index < -0.39 is 0 Å². The van der Waals surface area contributed by atoms with E-state index in [4.69, 9.17) is 0 Å². The molecule has 1 aromatic rings. The van der Waals surface area contributed by atoms with Crippen molar-refractivity contribution in [1.82, 2.24) is 10.2 Å². The molecule has 1 heterocycles. The first-order valence-electron chi connectivity index (χ1n) is 7.59. The van der Waals surface area contributed by atoms with Gasteiger partial charge in [0.05, 0.1) is 0 Å². The molecule has 106 valence electrons. The van der Waals surface area contributed by atoms with Crippen molar-refractivity contribution in [3.8, 4) is 0 Å². The van der Waals surface area contributed by atoms with E-state index in [1.165, 1.54) is 18.4 Å². The van der Waals surface area contributed by atoms with Gasteiger partial charge in [-0.15, -0.1) is 0 Å². The van der Waals surface area contributed by atoms with Crippen LogP contribution in [0.1, 0.15) is 52.1 Å². The Kier molecular flexibility index (Phi) is 4.64. The Hall–Kier alpha value is -0.860. The monoisotopic (exact) mass is 260 g/mol.